The van der Waals surface area contributed by atoms with E-state index in [4.69, 9.17) is 11.5 Å². The number of hydrogen-bond acceptors (Lipinski definition) is 10. The lowest BCUT2D eigenvalue weighted by Crippen LogP contribution is -2.53. The zero-order valence-electron chi connectivity index (χ0n) is 35.5. The summed E-state index contributed by atoms with van der Waals surface area (Å²) in [6.45, 7) is 19.8. The van der Waals surface area contributed by atoms with Crippen LogP contribution < -0.4 is 27.4 Å². The van der Waals surface area contributed by atoms with E-state index in [0.717, 1.165) is 0 Å². The molecule has 0 spiro atoms. The van der Waals surface area contributed by atoms with Crippen molar-refractivity contribution in [2.24, 2.45) is 58.8 Å². The number of aliphatic hydroxyl groups excluding tert-OH is 2. The van der Waals surface area contributed by atoms with Crippen molar-refractivity contribution >= 4 is 41.0 Å². The number of hydrogen-bond donors (Lipinski definition) is 7. The van der Waals surface area contributed by atoms with Crippen LogP contribution in [-0.2, 0) is 33.6 Å². The minimum absolute atomic E-state index is 0.0302. The fourth-order valence-electron chi connectivity index (χ4n) is 6.77. The summed E-state index contributed by atoms with van der Waals surface area (Å²) in [4.78, 5) is 93.3. The average molecular weight is 782 g/mol. The van der Waals surface area contributed by atoms with Crippen molar-refractivity contribution in [3.8, 4) is 0 Å². The lowest BCUT2D eigenvalue weighted by Gasteiger charge is -2.30. The second kappa shape index (κ2) is 25.8. The van der Waals surface area contributed by atoms with Crippen LogP contribution in [0.4, 0.5) is 0 Å². The minimum Gasteiger partial charge on any atom is -0.393 e. The summed E-state index contributed by atoms with van der Waals surface area (Å²) in [5.74, 6) is -7.25. The number of carbonyl (C=O) groups excluding carboxylic acids is 7. The smallest absolute Gasteiger partial charge is 0.240 e. The summed E-state index contributed by atoms with van der Waals surface area (Å²) in [6.07, 6.45) is -0.410. The number of ketones is 3. The third kappa shape index (κ3) is 19.0. The molecule has 0 heterocycles. The number of nitrogens with one attached hydrogen (secondary N) is 3. The molecule has 4 amide bonds. The van der Waals surface area contributed by atoms with Gasteiger partial charge in [-0.15, -0.1) is 0 Å². The quantitative estimate of drug-likeness (QED) is 0.0547. The molecule has 0 rings (SSSR count). The number of carbonyl (C=O) groups is 7. The Labute approximate surface area is 329 Å². The van der Waals surface area contributed by atoms with Crippen molar-refractivity contribution in [1.29, 1.82) is 0 Å². The predicted octanol–water partition coefficient (Wildman–Crippen LogP) is 2.97. The van der Waals surface area contributed by atoms with Crippen LogP contribution in [0.5, 0.6) is 0 Å². The molecule has 55 heavy (non-hydrogen) atoms. The number of rotatable bonds is 29. The number of aliphatic hydroxyl groups is 2. The SMILES string of the molecule is CC[C@H](C)[C@H](CC(=O)[C@@H](NC(=O)[C@@H](CC(=O)[C@@H](NC(=O)[C@H](CCCCN)CC(=O)[C@@H](C)CC(C)C)[C@@H](C)O)[C@@H](C)O)C(C)C)C(=O)N[C@@H](CC(C)C)C(N)=O. The van der Waals surface area contributed by atoms with E-state index < -0.39 is 95.6 Å². The maximum absolute atomic E-state index is 13.8. The Morgan fingerprint density at radius 3 is 1.56 bits per heavy atom. The first-order valence-electron chi connectivity index (χ1n) is 20.3. The molecule has 0 aromatic rings. The predicted molar refractivity (Wildman–Crippen MR) is 213 cm³/mol. The number of unbranched alkanes of at least 4 members (excludes halogenated alkanes) is 1. The van der Waals surface area contributed by atoms with Gasteiger partial charge in [-0.05, 0) is 69.7 Å². The van der Waals surface area contributed by atoms with E-state index >= 15 is 0 Å². The summed E-state index contributed by atoms with van der Waals surface area (Å²) < 4.78 is 0. The van der Waals surface area contributed by atoms with Gasteiger partial charge in [0.05, 0.1) is 24.2 Å². The van der Waals surface area contributed by atoms with Gasteiger partial charge in [0.2, 0.25) is 23.6 Å². The first kappa shape index (κ1) is 51.8. The van der Waals surface area contributed by atoms with Gasteiger partial charge in [-0.2, -0.15) is 0 Å². The van der Waals surface area contributed by atoms with Crippen molar-refractivity contribution in [1.82, 2.24) is 16.0 Å². The van der Waals surface area contributed by atoms with Gasteiger partial charge in [0.25, 0.3) is 0 Å². The van der Waals surface area contributed by atoms with Gasteiger partial charge < -0.3 is 37.6 Å². The van der Waals surface area contributed by atoms with Gasteiger partial charge in [-0.1, -0.05) is 75.2 Å². The van der Waals surface area contributed by atoms with E-state index in [9.17, 15) is 43.8 Å². The highest BCUT2D eigenvalue weighted by molar-refractivity contribution is 5.97. The molecule has 0 aliphatic heterocycles. The lowest BCUT2D eigenvalue weighted by molar-refractivity contribution is -0.139. The van der Waals surface area contributed by atoms with E-state index in [-0.39, 0.29) is 36.4 Å². The summed E-state index contributed by atoms with van der Waals surface area (Å²) >= 11 is 0. The molecule has 0 radical (unpaired) electrons. The van der Waals surface area contributed by atoms with E-state index in [1.54, 1.807) is 13.8 Å². The van der Waals surface area contributed by atoms with Crippen molar-refractivity contribution in [3.63, 3.8) is 0 Å². The monoisotopic (exact) mass is 782 g/mol. The van der Waals surface area contributed by atoms with Gasteiger partial charge in [0.15, 0.2) is 11.6 Å². The highest BCUT2D eigenvalue weighted by atomic mass is 16.3. The summed E-state index contributed by atoms with van der Waals surface area (Å²) in [5.41, 5.74) is 11.2. The molecule has 0 aromatic carbocycles. The molecule has 0 aromatic heterocycles. The molecule has 10 atom stereocenters. The number of nitrogens with two attached hydrogens (primary N) is 2. The van der Waals surface area contributed by atoms with Crippen LogP contribution in [0.25, 0.3) is 0 Å². The van der Waals surface area contributed by atoms with E-state index in [0.29, 0.717) is 51.0 Å². The summed E-state index contributed by atoms with van der Waals surface area (Å²) in [7, 11) is 0. The molecule has 0 aliphatic rings. The van der Waals surface area contributed by atoms with Crippen LogP contribution in [-0.4, -0.2) is 88.1 Å². The topological polar surface area (TPSA) is 248 Å². The molecule has 318 valence electrons. The Balaban J connectivity index is 6.13. The van der Waals surface area contributed by atoms with Gasteiger partial charge >= 0.3 is 0 Å². The Morgan fingerprint density at radius 2 is 1.11 bits per heavy atom. The first-order chi connectivity index (χ1) is 25.5. The Hall–Kier alpha value is -3.23. The van der Waals surface area contributed by atoms with Gasteiger partial charge in [-0.25, -0.2) is 0 Å². The Kier molecular flexibility index (Phi) is 24.3. The van der Waals surface area contributed by atoms with Gasteiger partial charge in [0, 0.05) is 37.0 Å². The van der Waals surface area contributed by atoms with Crippen LogP contribution in [0.2, 0.25) is 0 Å². The minimum atomic E-state index is -1.43. The van der Waals surface area contributed by atoms with Gasteiger partial charge in [0.1, 0.15) is 17.9 Å². The summed E-state index contributed by atoms with van der Waals surface area (Å²) in [6, 6.07) is -3.42. The maximum atomic E-state index is 13.8. The third-order valence-electron chi connectivity index (χ3n) is 10.4. The van der Waals surface area contributed by atoms with E-state index in [1.165, 1.54) is 13.8 Å². The summed E-state index contributed by atoms with van der Waals surface area (Å²) in [5, 5.41) is 29.3. The van der Waals surface area contributed by atoms with Crippen LogP contribution >= 0.6 is 0 Å². The molecule has 0 bridgehead atoms. The van der Waals surface area contributed by atoms with Crippen LogP contribution in [0.3, 0.4) is 0 Å². The molecule has 14 heteroatoms. The molecule has 14 nitrogen and oxygen atoms in total. The molecule has 9 N–H and O–H groups in total. The van der Waals surface area contributed by atoms with Crippen LogP contribution in [0.15, 0.2) is 0 Å². The normalized spacial score (nSPS) is 17.3. The van der Waals surface area contributed by atoms with Crippen LogP contribution in [0.1, 0.15) is 134 Å². The highest BCUT2D eigenvalue weighted by Crippen LogP contribution is 2.24. The number of primary amides is 1. The molecule has 0 aliphatic carbocycles. The Morgan fingerprint density at radius 1 is 0.600 bits per heavy atom. The maximum Gasteiger partial charge on any atom is 0.240 e. The molecule has 0 unspecified atom stereocenters. The molecule has 0 saturated heterocycles. The molecular formula is C41H75N5O9. The van der Waals surface area contributed by atoms with E-state index in [1.807, 2.05) is 48.5 Å². The van der Waals surface area contributed by atoms with Crippen molar-refractivity contribution in [3.05, 3.63) is 0 Å². The van der Waals surface area contributed by atoms with Crippen LogP contribution in [0, 0.1) is 47.3 Å². The Bertz CT molecular complexity index is 1250. The number of amides is 4. The molecular weight excluding hydrogens is 706 g/mol. The van der Waals surface area contributed by atoms with Crippen molar-refractivity contribution < 1.29 is 43.8 Å². The lowest BCUT2D eigenvalue weighted by atomic mass is 9.83. The standard InChI is InChI=1S/C41H75N5O9/c1-12-25(8)30(40(54)44-32(38(43)52)18-23(4)5)20-34(50)36(24(6)7)45-41(55)31(27(10)47)21-35(51)37(28(11)48)46-39(53)29(15-13-14-16-42)19-33(49)26(9)17-22(2)3/h22-32,36-37,47-48H,12-21,42H2,1-11H3,(H2,43,52)(H,44,54)(H,45,55)(H,46,53)/t25-,26-,27+,28+,29+,30-,31-,32-,36-,37-/m0/s1. The van der Waals surface area contributed by atoms with Crippen molar-refractivity contribution in [2.45, 2.75) is 164 Å². The van der Waals surface area contributed by atoms with Crippen molar-refractivity contribution in [2.75, 3.05) is 6.54 Å². The zero-order valence-corrected chi connectivity index (χ0v) is 35.5. The molecule has 0 fully saturated rings. The molecule has 0 saturated carbocycles. The number of Topliss-reactive ketones (excluding diaryl/α,β-unsaturated/α-hetero) is 3. The second-order valence-corrected chi connectivity index (χ2v) is 16.9. The zero-order chi connectivity index (χ0) is 42.7. The van der Waals surface area contributed by atoms with Gasteiger partial charge in [-0.3, -0.25) is 33.6 Å². The second-order valence-electron chi connectivity index (χ2n) is 16.9. The fraction of sp³-hybridized carbons (Fsp3) is 0.829. The first-order valence-corrected chi connectivity index (χ1v) is 20.3. The largest absolute Gasteiger partial charge is 0.393 e. The third-order valence-corrected chi connectivity index (χ3v) is 10.4. The fourth-order valence-corrected chi connectivity index (χ4v) is 6.77. The highest BCUT2D eigenvalue weighted by Gasteiger charge is 2.38. The van der Waals surface area contributed by atoms with E-state index in [2.05, 4.69) is 16.0 Å². The average Bonchev–Trinajstić information content (AvgIpc) is 3.08.